The van der Waals surface area contributed by atoms with Crippen molar-refractivity contribution in [1.29, 1.82) is 0 Å². The van der Waals surface area contributed by atoms with Crippen molar-refractivity contribution in [2.24, 2.45) is 5.92 Å². The minimum absolute atomic E-state index is 0.0237. The van der Waals surface area contributed by atoms with E-state index in [1.165, 1.54) is 23.5 Å². The number of carbonyl (C=O) groups excluding carboxylic acids is 2. The summed E-state index contributed by atoms with van der Waals surface area (Å²) >= 11 is 1.41. The van der Waals surface area contributed by atoms with Gasteiger partial charge in [0.1, 0.15) is 5.82 Å². The van der Waals surface area contributed by atoms with Gasteiger partial charge in [-0.05, 0) is 48.9 Å². The number of carbonyl (C=O) groups is 2. The van der Waals surface area contributed by atoms with Gasteiger partial charge in [0, 0.05) is 18.8 Å². The number of aryl methyl sites for hydroxylation is 1. The third kappa shape index (κ3) is 3.64. The summed E-state index contributed by atoms with van der Waals surface area (Å²) in [6, 6.07) is 7.97. The fourth-order valence-corrected chi connectivity index (χ4v) is 3.59. The van der Waals surface area contributed by atoms with Crippen molar-refractivity contribution in [3.05, 3.63) is 52.0 Å². The van der Waals surface area contributed by atoms with Crippen LogP contribution in [0.4, 0.5) is 10.1 Å². The average Bonchev–Trinajstić information content (AvgIpc) is 3.12. The molecule has 1 aromatic carbocycles. The molecule has 6 heteroatoms. The van der Waals surface area contributed by atoms with Gasteiger partial charge in [-0.2, -0.15) is 0 Å². The zero-order valence-electron chi connectivity index (χ0n) is 13.4. The van der Waals surface area contributed by atoms with Crippen LogP contribution in [-0.2, 0) is 4.79 Å². The molecular weight excluding hydrogens is 327 g/mol. The standard InChI is InChI=1S/C18H19FN2O2S/c1-12-6-7-14(19)10-15(12)20-17(22)13-4-2-8-21(11-13)18(23)16-5-3-9-24-16/h3,5-7,9-10,13H,2,4,8,11H2,1H3,(H,20,22). The molecule has 126 valence electrons. The van der Waals surface area contributed by atoms with Gasteiger partial charge in [0.25, 0.3) is 5.91 Å². The Labute approximate surface area is 144 Å². The van der Waals surface area contributed by atoms with E-state index in [-0.39, 0.29) is 23.5 Å². The maximum Gasteiger partial charge on any atom is 0.263 e. The van der Waals surface area contributed by atoms with Crippen molar-refractivity contribution in [1.82, 2.24) is 4.90 Å². The SMILES string of the molecule is Cc1ccc(F)cc1NC(=O)C1CCCN(C(=O)c2cccs2)C1. The van der Waals surface area contributed by atoms with Crippen LogP contribution < -0.4 is 5.32 Å². The molecular formula is C18H19FN2O2S. The monoisotopic (exact) mass is 346 g/mol. The van der Waals surface area contributed by atoms with Crippen molar-refractivity contribution >= 4 is 28.8 Å². The van der Waals surface area contributed by atoms with E-state index in [2.05, 4.69) is 5.32 Å². The molecule has 24 heavy (non-hydrogen) atoms. The molecule has 0 saturated carbocycles. The summed E-state index contributed by atoms with van der Waals surface area (Å²) in [5.74, 6) is -0.837. The van der Waals surface area contributed by atoms with E-state index in [0.717, 1.165) is 18.4 Å². The number of rotatable bonds is 3. The number of halogens is 1. The number of nitrogens with one attached hydrogen (secondary N) is 1. The van der Waals surface area contributed by atoms with E-state index < -0.39 is 0 Å². The topological polar surface area (TPSA) is 49.4 Å². The van der Waals surface area contributed by atoms with Crippen molar-refractivity contribution in [2.45, 2.75) is 19.8 Å². The highest BCUT2D eigenvalue weighted by molar-refractivity contribution is 7.12. The van der Waals surface area contributed by atoms with Gasteiger partial charge in [0.15, 0.2) is 0 Å². The third-order valence-electron chi connectivity index (χ3n) is 4.27. The predicted octanol–water partition coefficient (Wildman–Crippen LogP) is 3.69. The number of likely N-dealkylation sites (tertiary alicyclic amines) is 1. The van der Waals surface area contributed by atoms with Gasteiger partial charge in [-0.15, -0.1) is 11.3 Å². The third-order valence-corrected chi connectivity index (χ3v) is 5.13. The first kappa shape index (κ1) is 16.6. The summed E-state index contributed by atoms with van der Waals surface area (Å²) in [6.45, 7) is 2.89. The lowest BCUT2D eigenvalue weighted by Gasteiger charge is -2.31. The summed E-state index contributed by atoms with van der Waals surface area (Å²) in [5, 5.41) is 4.67. The van der Waals surface area contributed by atoms with Crippen molar-refractivity contribution in [3.8, 4) is 0 Å². The zero-order valence-corrected chi connectivity index (χ0v) is 14.2. The van der Waals surface area contributed by atoms with Gasteiger partial charge in [-0.1, -0.05) is 12.1 Å². The van der Waals surface area contributed by atoms with Crippen LogP contribution in [0.15, 0.2) is 35.7 Å². The van der Waals surface area contributed by atoms with Crippen LogP contribution in [0.3, 0.4) is 0 Å². The first-order chi connectivity index (χ1) is 11.5. The molecule has 2 heterocycles. The molecule has 4 nitrogen and oxygen atoms in total. The highest BCUT2D eigenvalue weighted by Crippen LogP contribution is 2.23. The van der Waals surface area contributed by atoms with Gasteiger partial charge >= 0.3 is 0 Å². The molecule has 1 aromatic heterocycles. The minimum atomic E-state index is -0.381. The van der Waals surface area contributed by atoms with E-state index in [0.29, 0.717) is 23.7 Å². The number of piperidine rings is 1. The Hall–Kier alpha value is -2.21. The molecule has 1 unspecified atom stereocenters. The Morgan fingerprint density at radius 1 is 1.33 bits per heavy atom. The Morgan fingerprint density at radius 3 is 2.92 bits per heavy atom. The lowest BCUT2D eigenvalue weighted by atomic mass is 9.96. The lowest BCUT2D eigenvalue weighted by Crippen LogP contribution is -2.43. The first-order valence-corrected chi connectivity index (χ1v) is 8.82. The van der Waals surface area contributed by atoms with Crippen LogP contribution in [0.2, 0.25) is 0 Å². The predicted molar refractivity (Wildman–Crippen MR) is 92.7 cm³/mol. The van der Waals surface area contributed by atoms with Crippen LogP contribution in [-0.4, -0.2) is 29.8 Å². The molecule has 0 bridgehead atoms. The second-order valence-corrected chi connectivity index (χ2v) is 6.96. The Bertz CT molecular complexity index is 745. The van der Waals surface area contributed by atoms with Crippen LogP contribution in [0, 0.1) is 18.7 Å². The van der Waals surface area contributed by atoms with Crippen LogP contribution in [0.1, 0.15) is 28.1 Å². The summed E-state index contributed by atoms with van der Waals surface area (Å²) in [5.41, 5.74) is 1.30. The zero-order chi connectivity index (χ0) is 17.1. The molecule has 2 aromatic rings. The number of nitrogens with zero attached hydrogens (tertiary/aromatic N) is 1. The van der Waals surface area contributed by atoms with E-state index in [1.807, 2.05) is 18.4 Å². The molecule has 1 aliphatic heterocycles. The highest BCUT2D eigenvalue weighted by atomic mass is 32.1. The fourth-order valence-electron chi connectivity index (χ4n) is 2.90. The van der Waals surface area contributed by atoms with E-state index in [4.69, 9.17) is 0 Å². The molecule has 0 aliphatic carbocycles. The van der Waals surface area contributed by atoms with Crippen LogP contribution in [0.25, 0.3) is 0 Å². The molecule has 3 rings (SSSR count). The summed E-state index contributed by atoms with van der Waals surface area (Å²) in [6.07, 6.45) is 1.52. The molecule has 1 atom stereocenters. The normalized spacial score (nSPS) is 17.6. The second kappa shape index (κ2) is 7.13. The van der Waals surface area contributed by atoms with Crippen molar-refractivity contribution in [3.63, 3.8) is 0 Å². The van der Waals surface area contributed by atoms with Gasteiger partial charge in [-0.3, -0.25) is 9.59 Å². The summed E-state index contributed by atoms with van der Waals surface area (Å²) < 4.78 is 13.4. The summed E-state index contributed by atoms with van der Waals surface area (Å²) in [7, 11) is 0. The molecule has 1 fully saturated rings. The van der Waals surface area contributed by atoms with Gasteiger partial charge in [-0.25, -0.2) is 4.39 Å². The average molecular weight is 346 g/mol. The number of hydrogen-bond donors (Lipinski definition) is 1. The number of benzene rings is 1. The Balaban J connectivity index is 1.67. The lowest BCUT2D eigenvalue weighted by molar-refractivity contribution is -0.121. The molecule has 0 radical (unpaired) electrons. The van der Waals surface area contributed by atoms with Gasteiger partial charge in [0.05, 0.1) is 10.8 Å². The maximum absolute atomic E-state index is 13.4. The molecule has 1 aliphatic rings. The number of thiophene rings is 1. The van der Waals surface area contributed by atoms with Gasteiger partial charge in [0.2, 0.25) is 5.91 Å². The largest absolute Gasteiger partial charge is 0.337 e. The quantitative estimate of drug-likeness (QED) is 0.921. The van der Waals surface area contributed by atoms with E-state index in [1.54, 1.807) is 17.0 Å². The Morgan fingerprint density at radius 2 is 2.17 bits per heavy atom. The van der Waals surface area contributed by atoms with Crippen molar-refractivity contribution in [2.75, 3.05) is 18.4 Å². The second-order valence-electron chi connectivity index (χ2n) is 6.02. The van der Waals surface area contributed by atoms with Gasteiger partial charge < -0.3 is 10.2 Å². The summed E-state index contributed by atoms with van der Waals surface area (Å²) in [4.78, 5) is 27.4. The van der Waals surface area contributed by atoms with Crippen LogP contribution >= 0.6 is 11.3 Å². The van der Waals surface area contributed by atoms with E-state index >= 15 is 0 Å². The number of anilines is 1. The fraction of sp³-hybridized carbons (Fsp3) is 0.333. The van der Waals surface area contributed by atoms with Crippen molar-refractivity contribution < 1.29 is 14.0 Å². The molecule has 2 amide bonds. The number of hydrogen-bond acceptors (Lipinski definition) is 3. The highest BCUT2D eigenvalue weighted by Gasteiger charge is 2.29. The maximum atomic E-state index is 13.4. The molecule has 1 saturated heterocycles. The number of amides is 2. The molecule has 0 spiro atoms. The minimum Gasteiger partial charge on any atom is -0.337 e. The first-order valence-electron chi connectivity index (χ1n) is 7.94. The van der Waals surface area contributed by atoms with Crippen LogP contribution in [0.5, 0.6) is 0 Å². The van der Waals surface area contributed by atoms with E-state index in [9.17, 15) is 14.0 Å². The Kier molecular flexibility index (Phi) is 4.94. The molecule has 1 N–H and O–H groups in total. The smallest absolute Gasteiger partial charge is 0.263 e.